The van der Waals surface area contributed by atoms with Crippen LogP contribution in [0.15, 0.2) is 94.4 Å². The lowest BCUT2D eigenvalue weighted by Gasteiger charge is -2.16. The van der Waals surface area contributed by atoms with Gasteiger partial charge in [0.1, 0.15) is 10.6 Å². The quantitative estimate of drug-likeness (QED) is 0.482. The van der Waals surface area contributed by atoms with E-state index in [-0.39, 0.29) is 11.8 Å². The number of hydrogen-bond donors (Lipinski definition) is 1. The maximum Gasteiger partial charge on any atom is 0.283 e. The van der Waals surface area contributed by atoms with Gasteiger partial charge in [0.05, 0.1) is 5.69 Å². The van der Waals surface area contributed by atoms with E-state index in [1.807, 2.05) is 85.8 Å². The number of carbonyl (C=O) groups excluding carboxylic acids is 2. The molecule has 0 aromatic heterocycles. The molecule has 0 fully saturated rings. The van der Waals surface area contributed by atoms with Gasteiger partial charge in [-0.1, -0.05) is 73.6 Å². The lowest BCUT2D eigenvalue weighted by Crippen LogP contribution is -2.32. The van der Waals surface area contributed by atoms with Gasteiger partial charge in [0, 0.05) is 10.6 Å². The average Bonchev–Trinajstić information content (AvgIpc) is 3.00. The molecule has 3 aromatic carbocycles. The molecule has 4 rings (SSSR count). The summed E-state index contributed by atoms with van der Waals surface area (Å²) in [6.07, 6.45) is 0. The van der Waals surface area contributed by atoms with Crippen molar-refractivity contribution in [3.05, 3.63) is 101 Å². The fourth-order valence-electron chi connectivity index (χ4n) is 3.34. The number of carbonyl (C=O) groups is 2. The molecule has 0 atom stereocenters. The van der Waals surface area contributed by atoms with Gasteiger partial charge in [-0.2, -0.15) is 0 Å². The third-order valence-corrected chi connectivity index (χ3v) is 6.23. The second-order valence-electron chi connectivity index (χ2n) is 7.80. The highest BCUT2D eigenvalue weighted by Gasteiger charge is 2.40. The smallest absolute Gasteiger partial charge is 0.283 e. The fourth-order valence-corrected chi connectivity index (χ4v) is 4.29. The van der Waals surface area contributed by atoms with E-state index in [0.29, 0.717) is 22.2 Å². The number of benzene rings is 3. The van der Waals surface area contributed by atoms with E-state index in [1.54, 1.807) is 0 Å². The fraction of sp³-hybridized carbons (Fsp3) is 0.154. The van der Waals surface area contributed by atoms with Crippen molar-refractivity contribution in [3.63, 3.8) is 0 Å². The van der Waals surface area contributed by atoms with Crippen LogP contribution in [0.2, 0.25) is 0 Å². The lowest BCUT2D eigenvalue weighted by molar-refractivity contribution is -0.120. The number of amides is 2. The van der Waals surface area contributed by atoms with Gasteiger partial charge in [-0.05, 0) is 54.8 Å². The number of aryl methyl sites for hydroxylation is 1. The minimum Gasteiger partial charge on any atom is -0.350 e. The van der Waals surface area contributed by atoms with Gasteiger partial charge in [0.15, 0.2) is 0 Å². The molecule has 1 aliphatic rings. The molecule has 31 heavy (non-hydrogen) atoms. The van der Waals surface area contributed by atoms with Gasteiger partial charge in [0.25, 0.3) is 11.8 Å². The van der Waals surface area contributed by atoms with Crippen LogP contribution in [0.5, 0.6) is 0 Å². The molecule has 0 saturated heterocycles. The predicted octanol–water partition coefficient (Wildman–Crippen LogP) is 6.11. The summed E-state index contributed by atoms with van der Waals surface area (Å²) in [4.78, 5) is 29.3. The van der Waals surface area contributed by atoms with E-state index in [2.05, 4.69) is 19.2 Å². The molecule has 1 aliphatic heterocycles. The molecule has 2 amide bonds. The summed E-state index contributed by atoms with van der Waals surface area (Å²) in [6.45, 7) is 6.23. The minimum atomic E-state index is -0.346. The monoisotopic (exact) mass is 428 g/mol. The highest BCUT2D eigenvalue weighted by Crippen LogP contribution is 2.38. The molecule has 0 bridgehead atoms. The third kappa shape index (κ3) is 4.42. The summed E-state index contributed by atoms with van der Waals surface area (Å²) in [5.41, 5.74) is 3.93. The number of nitrogens with one attached hydrogen (secondary N) is 1. The van der Waals surface area contributed by atoms with E-state index in [4.69, 9.17) is 0 Å². The number of imide groups is 1. The molecular weight excluding hydrogens is 404 g/mol. The number of rotatable bonds is 6. The van der Waals surface area contributed by atoms with Crippen LogP contribution in [-0.4, -0.2) is 11.8 Å². The highest BCUT2D eigenvalue weighted by atomic mass is 32.2. The van der Waals surface area contributed by atoms with Gasteiger partial charge < -0.3 is 5.32 Å². The molecule has 3 aromatic rings. The second-order valence-corrected chi connectivity index (χ2v) is 8.89. The summed E-state index contributed by atoms with van der Waals surface area (Å²) < 4.78 is 0. The standard InChI is InChI=1S/C26H24N2O2S/c1-17(2)19-11-15-21(16-12-19)28-25(29)23(27-20-13-9-18(3)10-14-20)24(26(28)30)31-22-7-5-4-6-8-22/h4-17,27H,1-3H3. The molecule has 0 radical (unpaired) electrons. The van der Waals surface area contributed by atoms with Gasteiger partial charge in [0.2, 0.25) is 0 Å². The Labute approximate surface area is 187 Å². The topological polar surface area (TPSA) is 49.4 Å². The van der Waals surface area contributed by atoms with Crippen molar-refractivity contribution in [1.82, 2.24) is 0 Å². The van der Waals surface area contributed by atoms with Gasteiger partial charge in [-0.25, -0.2) is 4.90 Å². The molecule has 0 spiro atoms. The summed E-state index contributed by atoms with van der Waals surface area (Å²) in [5, 5.41) is 3.19. The van der Waals surface area contributed by atoms with Crippen LogP contribution in [0.25, 0.3) is 0 Å². The first kappa shape index (κ1) is 20.9. The molecule has 5 heteroatoms. The molecule has 0 unspecified atom stereocenters. The maximum atomic E-state index is 13.4. The first-order valence-corrected chi connectivity index (χ1v) is 11.1. The Morgan fingerprint density at radius 2 is 1.45 bits per heavy atom. The first-order valence-electron chi connectivity index (χ1n) is 10.2. The zero-order valence-corrected chi connectivity index (χ0v) is 18.6. The Balaban J connectivity index is 1.71. The first-order chi connectivity index (χ1) is 14.9. The van der Waals surface area contributed by atoms with Crippen molar-refractivity contribution in [2.45, 2.75) is 31.6 Å². The summed E-state index contributed by atoms with van der Waals surface area (Å²) in [7, 11) is 0. The number of anilines is 2. The summed E-state index contributed by atoms with van der Waals surface area (Å²) >= 11 is 1.31. The summed E-state index contributed by atoms with van der Waals surface area (Å²) in [5.74, 6) is -0.285. The number of thioether (sulfide) groups is 1. The molecular formula is C26H24N2O2S. The second kappa shape index (κ2) is 8.82. The molecule has 0 saturated carbocycles. The zero-order valence-electron chi connectivity index (χ0n) is 17.8. The normalized spacial score (nSPS) is 14.0. The van der Waals surface area contributed by atoms with Crippen LogP contribution in [0.4, 0.5) is 11.4 Å². The van der Waals surface area contributed by atoms with Crippen molar-refractivity contribution < 1.29 is 9.59 Å². The Kier molecular flexibility index (Phi) is 5.96. The van der Waals surface area contributed by atoms with Crippen LogP contribution in [-0.2, 0) is 9.59 Å². The molecule has 1 N–H and O–H groups in total. The van der Waals surface area contributed by atoms with E-state index in [9.17, 15) is 9.59 Å². The molecule has 1 heterocycles. The van der Waals surface area contributed by atoms with Gasteiger partial charge in [-0.15, -0.1) is 0 Å². The van der Waals surface area contributed by atoms with Crippen LogP contribution in [0, 0.1) is 6.92 Å². The highest BCUT2D eigenvalue weighted by molar-refractivity contribution is 8.04. The van der Waals surface area contributed by atoms with Gasteiger partial charge in [-0.3, -0.25) is 9.59 Å². The third-order valence-electron chi connectivity index (χ3n) is 5.14. The van der Waals surface area contributed by atoms with Crippen LogP contribution in [0.3, 0.4) is 0 Å². The SMILES string of the molecule is Cc1ccc(NC2=C(Sc3ccccc3)C(=O)N(c3ccc(C(C)C)cc3)C2=O)cc1. The van der Waals surface area contributed by atoms with Crippen LogP contribution < -0.4 is 10.2 Å². The van der Waals surface area contributed by atoms with Crippen molar-refractivity contribution in [2.75, 3.05) is 10.2 Å². The van der Waals surface area contributed by atoms with E-state index >= 15 is 0 Å². The van der Waals surface area contributed by atoms with Crippen molar-refractivity contribution in [1.29, 1.82) is 0 Å². The zero-order chi connectivity index (χ0) is 22.0. The number of nitrogens with zero attached hydrogens (tertiary/aromatic N) is 1. The Morgan fingerprint density at radius 1 is 0.806 bits per heavy atom. The average molecular weight is 429 g/mol. The Hall–Kier alpha value is -3.31. The minimum absolute atomic E-state index is 0.302. The van der Waals surface area contributed by atoms with E-state index < -0.39 is 0 Å². The largest absolute Gasteiger partial charge is 0.350 e. The van der Waals surface area contributed by atoms with Gasteiger partial charge >= 0.3 is 0 Å². The summed E-state index contributed by atoms with van der Waals surface area (Å²) in [6, 6.07) is 25.0. The van der Waals surface area contributed by atoms with Crippen molar-refractivity contribution in [2.24, 2.45) is 0 Å². The molecule has 0 aliphatic carbocycles. The van der Waals surface area contributed by atoms with Crippen molar-refractivity contribution >= 4 is 35.0 Å². The van der Waals surface area contributed by atoms with Crippen LogP contribution in [0.1, 0.15) is 30.9 Å². The Morgan fingerprint density at radius 3 is 2.06 bits per heavy atom. The lowest BCUT2D eigenvalue weighted by atomic mass is 10.0. The maximum absolute atomic E-state index is 13.4. The molecule has 156 valence electrons. The van der Waals surface area contributed by atoms with E-state index in [1.165, 1.54) is 16.7 Å². The number of hydrogen-bond acceptors (Lipinski definition) is 4. The van der Waals surface area contributed by atoms with Crippen molar-refractivity contribution in [3.8, 4) is 0 Å². The molecule has 4 nitrogen and oxygen atoms in total. The van der Waals surface area contributed by atoms with Crippen LogP contribution >= 0.6 is 11.8 Å². The van der Waals surface area contributed by atoms with E-state index in [0.717, 1.165) is 21.7 Å². The Bertz CT molecular complexity index is 1130. The predicted molar refractivity (Wildman–Crippen MR) is 127 cm³/mol.